The number of alkyl halides is 3. The van der Waals surface area contributed by atoms with Crippen molar-refractivity contribution in [1.82, 2.24) is 0 Å². The Kier molecular flexibility index (Phi) is 3.21. The van der Waals surface area contributed by atoms with Gasteiger partial charge < -0.3 is 10.4 Å². The summed E-state index contributed by atoms with van der Waals surface area (Å²) in [7, 11) is 0. The van der Waals surface area contributed by atoms with Gasteiger partial charge in [-0.2, -0.15) is 13.2 Å². The maximum atomic E-state index is 12.0. The third kappa shape index (κ3) is 3.04. The second-order valence-corrected chi connectivity index (χ2v) is 4.36. The first kappa shape index (κ1) is 13.4. The molecule has 1 aromatic carbocycles. The summed E-state index contributed by atoms with van der Waals surface area (Å²) in [4.78, 5) is 21.4. The van der Waals surface area contributed by atoms with Crippen molar-refractivity contribution in [2.75, 3.05) is 5.32 Å². The van der Waals surface area contributed by atoms with Crippen LogP contribution in [0.3, 0.4) is 0 Å². The van der Waals surface area contributed by atoms with Crippen molar-refractivity contribution < 1.29 is 27.9 Å². The number of anilines is 1. The molecule has 102 valence electrons. The smallest absolute Gasteiger partial charge is 0.471 e. The van der Waals surface area contributed by atoms with Crippen molar-refractivity contribution >= 4 is 17.6 Å². The number of benzene rings is 1. The van der Waals surface area contributed by atoms with Gasteiger partial charge in [0, 0.05) is 5.69 Å². The zero-order chi connectivity index (χ0) is 14.2. The lowest BCUT2D eigenvalue weighted by Crippen LogP contribution is -2.29. The Balaban J connectivity index is 2.00. The van der Waals surface area contributed by atoms with E-state index < -0.39 is 24.0 Å². The minimum atomic E-state index is -4.93. The number of carbonyl (C=O) groups excluding carboxylic acids is 1. The van der Waals surface area contributed by atoms with Gasteiger partial charge in [-0.3, -0.25) is 9.59 Å². The lowest BCUT2D eigenvalue weighted by molar-refractivity contribution is -0.167. The molecule has 2 atom stereocenters. The number of nitrogens with one attached hydrogen (secondary N) is 1. The third-order valence-corrected chi connectivity index (χ3v) is 2.96. The molecule has 7 heteroatoms. The van der Waals surface area contributed by atoms with Crippen LogP contribution in [0.4, 0.5) is 18.9 Å². The molecule has 2 N–H and O–H groups in total. The van der Waals surface area contributed by atoms with Crippen LogP contribution >= 0.6 is 0 Å². The lowest BCUT2D eigenvalue weighted by atomic mass is 10.1. The average Bonchev–Trinajstić information content (AvgIpc) is 3.08. The van der Waals surface area contributed by atoms with E-state index in [2.05, 4.69) is 0 Å². The molecule has 1 amide bonds. The summed E-state index contributed by atoms with van der Waals surface area (Å²) in [6.45, 7) is 0. The number of hydrogen-bond acceptors (Lipinski definition) is 2. The van der Waals surface area contributed by atoms with Gasteiger partial charge in [0.1, 0.15) is 0 Å². The van der Waals surface area contributed by atoms with Gasteiger partial charge in [-0.1, -0.05) is 12.1 Å². The molecule has 0 saturated heterocycles. The van der Waals surface area contributed by atoms with Gasteiger partial charge >= 0.3 is 18.1 Å². The lowest BCUT2D eigenvalue weighted by Gasteiger charge is -2.08. The first-order valence-electron chi connectivity index (χ1n) is 5.50. The molecule has 0 bridgehead atoms. The number of carboxylic acids is 1. The molecule has 0 radical (unpaired) electrons. The van der Waals surface area contributed by atoms with Crippen molar-refractivity contribution in [1.29, 1.82) is 0 Å². The molecule has 1 aliphatic rings. The molecule has 0 unspecified atom stereocenters. The summed E-state index contributed by atoms with van der Waals surface area (Å²) < 4.78 is 36.0. The van der Waals surface area contributed by atoms with E-state index in [1.165, 1.54) is 24.3 Å². The van der Waals surface area contributed by atoms with Crippen molar-refractivity contribution in [3.8, 4) is 0 Å². The third-order valence-electron chi connectivity index (χ3n) is 2.96. The fourth-order valence-corrected chi connectivity index (χ4v) is 1.85. The summed E-state index contributed by atoms with van der Waals surface area (Å²) in [5, 5.41) is 10.5. The van der Waals surface area contributed by atoms with Gasteiger partial charge in [-0.05, 0) is 30.0 Å². The molecule has 0 aromatic heterocycles. The molecule has 0 spiro atoms. The summed E-state index contributed by atoms with van der Waals surface area (Å²) in [6, 6.07) is 5.71. The Bertz CT molecular complexity index is 510. The van der Waals surface area contributed by atoms with Gasteiger partial charge in [0.15, 0.2) is 0 Å². The van der Waals surface area contributed by atoms with Crippen LogP contribution in [0.1, 0.15) is 17.9 Å². The van der Waals surface area contributed by atoms with E-state index in [-0.39, 0.29) is 11.6 Å². The first-order chi connectivity index (χ1) is 8.79. The Morgan fingerprint density at radius 1 is 1.21 bits per heavy atom. The zero-order valence-electron chi connectivity index (χ0n) is 9.57. The first-order valence-corrected chi connectivity index (χ1v) is 5.50. The van der Waals surface area contributed by atoms with Crippen LogP contribution in [-0.2, 0) is 9.59 Å². The van der Waals surface area contributed by atoms with E-state index in [0.717, 1.165) is 5.56 Å². The Morgan fingerprint density at radius 2 is 1.79 bits per heavy atom. The second-order valence-electron chi connectivity index (χ2n) is 4.36. The second kappa shape index (κ2) is 4.56. The Labute approximate surface area is 106 Å². The van der Waals surface area contributed by atoms with E-state index in [1.807, 2.05) is 0 Å². The van der Waals surface area contributed by atoms with Gasteiger partial charge in [0.05, 0.1) is 5.92 Å². The predicted molar refractivity (Wildman–Crippen MR) is 59.6 cm³/mol. The molecule has 19 heavy (non-hydrogen) atoms. The maximum absolute atomic E-state index is 12.0. The number of carboxylic acid groups (broad SMARTS) is 1. The average molecular weight is 273 g/mol. The van der Waals surface area contributed by atoms with Crippen LogP contribution in [0.2, 0.25) is 0 Å². The Morgan fingerprint density at radius 3 is 2.21 bits per heavy atom. The molecule has 1 fully saturated rings. The summed E-state index contributed by atoms with van der Waals surface area (Å²) in [6.07, 6.45) is -4.40. The van der Waals surface area contributed by atoms with Gasteiger partial charge in [0.2, 0.25) is 0 Å². The standard InChI is InChI=1S/C12H10F3NO3/c13-12(14,15)11(19)16-7-3-1-6(2-4-7)8-5-9(8)10(17)18/h1-4,8-9H,5H2,(H,16,19)(H,17,18)/t8-,9+/m1/s1. The summed E-state index contributed by atoms with van der Waals surface area (Å²) >= 11 is 0. The molecule has 1 saturated carbocycles. The minimum absolute atomic E-state index is 0.0265. The maximum Gasteiger partial charge on any atom is 0.471 e. The van der Waals surface area contributed by atoms with Crippen LogP contribution in [0.25, 0.3) is 0 Å². The fourth-order valence-electron chi connectivity index (χ4n) is 1.85. The molecule has 0 heterocycles. The SMILES string of the molecule is O=C(O)[C@H]1C[C@@H]1c1ccc(NC(=O)C(F)(F)F)cc1. The highest BCUT2D eigenvalue weighted by Crippen LogP contribution is 2.47. The molecular formula is C12H10F3NO3. The van der Waals surface area contributed by atoms with E-state index in [4.69, 9.17) is 5.11 Å². The van der Waals surface area contributed by atoms with Crippen LogP contribution in [0.5, 0.6) is 0 Å². The number of hydrogen-bond donors (Lipinski definition) is 2. The topological polar surface area (TPSA) is 66.4 Å². The predicted octanol–water partition coefficient (Wildman–Crippen LogP) is 2.38. The molecule has 1 aromatic rings. The zero-order valence-corrected chi connectivity index (χ0v) is 9.57. The largest absolute Gasteiger partial charge is 0.481 e. The van der Waals surface area contributed by atoms with E-state index in [9.17, 15) is 22.8 Å². The normalized spacial score (nSPS) is 21.8. The quantitative estimate of drug-likeness (QED) is 0.888. The van der Waals surface area contributed by atoms with Crippen LogP contribution in [0, 0.1) is 5.92 Å². The highest BCUT2D eigenvalue weighted by Gasteiger charge is 2.44. The van der Waals surface area contributed by atoms with E-state index >= 15 is 0 Å². The highest BCUT2D eigenvalue weighted by atomic mass is 19.4. The van der Waals surface area contributed by atoms with Gasteiger partial charge in [-0.25, -0.2) is 0 Å². The van der Waals surface area contributed by atoms with Gasteiger partial charge in [0.25, 0.3) is 0 Å². The van der Waals surface area contributed by atoms with Crippen molar-refractivity contribution in [3.63, 3.8) is 0 Å². The molecule has 0 aliphatic heterocycles. The summed E-state index contributed by atoms with van der Waals surface area (Å²) in [5.74, 6) is -3.42. The van der Waals surface area contributed by atoms with Crippen molar-refractivity contribution in [2.24, 2.45) is 5.92 Å². The monoisotopic (exact) mass is 273 g/mol. The van der Waals surface area contributed by atoms with E-state index in [1.54, 1.807) is 5.32 Å². The van der Waals surface area contributed by atoms with Crippen LogP contribution in [-0.4, -0.2) is 23.2 Å². The van der Waals surface area contributed by atoms with Crippen molar-refractivity contribution in [2.45, 2.75) is 18.5 Å². The Hall–Kier alpha value is -2.05. The van der Waals surface area contributed by atoms with Crippen LogP contribution in [0.15, 0.2) is 24.3 Å². The molecular weight excluding hydrogens is 263 g/mol. The number of halogens is 3. The van der Waals surface area contributed by atoms with E-state index in [0.29, 0.717) is 6.42 Å². The fraction of sp³-hybridized carbons (Fsp3) is 0.333. The highest BCUT2D eigenvalue weighted by molar-refractivity contribution is 5.94. The number of aliphatic carboxylic acids is 1. The van der Waals surface area contributed by atoms with Crippen LogP contribution < -0.4 is 5.32 Å². The molecule has 4 nitrogen and oxygen atoms in total. The number of amides is 1. The molecule has 2 rings (SSSR count). The molecule has 1 aliphatic carbocycles. The number of rotatable bonds is 3. The minimum Gasteiger partial charge on any atom is -0.481 e. The van der Waals surface area contributed by atoms with Gasteiger partial charge in [-0.15, -0.1) is 0 Å². The summed E-state index contributed by atoms with van der Waals surface area (Å²) in [5.41, 5.74) is 0.774. The number of carbonyl (C=O) groups is 2. The van der Waals surface area contributed by atoms with Crippen molar-refractivity contribution in [3.05, 3.63) is 29.8 Å².